The van der Waals surface area contributed by atoms with Crippen molar-refractivity contribution in [3.63, 3.8) is 0 Å². The van der Waals surface area contributed by atoms with Gasteiger partial charge in [0.2, 0.25) is 0 Å². The quantitative estimate of drug-likeness (QED) is 0.702. The minimum atomic E-state index is -0.0665. The molecule has 3 rings (SSSR count). The first-order valence-corrected chi connectivity index (χ1v) is 9.69. The second-order valence-corrected chi connectivity index (χ2v) is 6.97. The van der Waals surface area contributed by atoms with Gasteiger partial charge in [0, 0.05) is 38.8 Å². The van der Waals surface area contributed by atoms with E-state index in [0.717, 1.165) is 50.7 Å². The Bertz CT molecular complexity index is 686. The van der Waals surface area contributed by atoms with Crippen molar-refractivity contribution in [1.82, 2.24) is 9.80 Å². The van der Waals surface area contributed by atoms with E-state index >= 15 is 0 Å². The largest absolute Gasteiger partial charge is 0.494 e. The van der Waals surface area contributed by atoms with E-state index in [1.807, 2.05) is 31.2 Å². The van der Waals surface area contributed by atoms with E-state index < -0.39 is 0 Å². The van der Waals surface area contributed by atoms with Gasteiger partial charge in [-0.1, -0.05) is 12.1 Å². The number of benzene rings is 1. The molecule has 6 nitrogen and oxygen atoms in total. The molecular formula is C21H30N2O4. The van der Waals surface area contributed by atoms with Crippen LogP contribution in [-0.4, -0.2) is 58.9 Å². The Kier molecular flexibility index (Phi) is 7.29. The number of ether oxygens (including phenoxy) is 1. The van der Waals surface area contributed by atoms with Crippen molar-refractivity contribution in [3.8, 4) is 5.75 Å². The number of aliphatic hydroxyl groups excluding tert-OH is 2. The fraction of sp³-hybridized carbons (Fsp3) is 0.524. The molecule has 1 fully saturated rings. The third-order valence-corrected chi connectivity index (χ3v) is 5.02. The van der Waals surface area contributed by atoms with E-state index in [0.29, 0.717) is 18.4 Å². The Labute approximate surface area is 161 Å². The van der Waals surface area contributed by atoms with Crippen LogP contribution in [0, 0.1) is 0 Å². The Hall–Kier alpha value is -1.86. The summed E-state index contributed by atoms with van der Waals surface area (Å²) in [5.41, 5.74) is 1.26. The Balaban J connectivity index is 1.58. The van der Waals surface area contributed by atoms with Gasteiger partial charge in [0.25, 0.3) is 0 Å². The summed E-state index contributed by atoms with van der Waals surface area (Å²) in [4.78, 5) is 4.80. The van der Waals surface area contributed by atoms with Crippen LogP contribution in [-0.2, 0) is 19.7 Å². The topological polar surface area (TPSA) is 69.3 Å². The maximum absolute atomic E-state index is 9.50. The number of piperazine rings is 1. The zero-order chi connectivity index (χ0) is 19.1. The zero-order valence-electron chi connectivity index (χ0n) is 16.0. The molecule has 1 unspecified atom stereocenters. The maximum atomic E-state index is 9.50. The molecular weight excluding hydrogens is 344 g/mol. The summed E-state index contributed by atoms with van der Waals surface area (Å²) in [6, 6.07) is 12.3. The van der Waals surface area contributed by atoms with Gasteiger partial charge in [-0.15, -0.1) is 0 Å². The molecule has 0 bridgehead atoms. The molecule has 2 aromatic rings. The van der Waals surface area contributed by atoms with Crippen LogP contribution in [0.25, 0.3) is 0 Å². The van der Waals surface area contributed by atoms with Gasteiger partial charge in [-0.2, -0.15) is 0 Å². The molecule has 148 valence electrons. The average Bonchev–Trinajstić information content (AvgIpc) is 3.13. The van der Waals surface area contributed by atoms with E-state index in [1.54, 1.807) is 0 Å². The number of hydrogen-bond acceptors (Lipinski definition) is 6. The van der Waals surface area contributed by atoms with Crippen LogP contribution in [0.5, 0.6) is 5.75 Å². The molecule has 0 spiro atoms. The lowest BCUT2D eigenvalue weighted by Crippen LogP contribution is -2.52. The minimum absolute atomic E-state index is 0.0665. The van der Waals surface area contributed by atoms with Crippen LogP contribution in [0.2, 0.25) is 0 Å². The molecule has 6 heteroatoms. The molecule has 27 heavy (non-hydrogen) atoms. The molecule has 1 aromatic carbocycles. The standard InChI is InChI=1S/C21H30N2O4/c1-2-26-19-5-3-17(4-6-19)13-23-11-10-22(14-18(23)9-12-24)15-20-7-8-21(16-25)27-20/h3-8,18,24-25H,2,9-16H2,1H3. The van der Waals surface area contributed by atoms with Gasteiger partial charge in [-0.3, -0.25) is 9.80 Å². The third kappa shape index (κ3) is 5.56. The second-order valence-electron chi connectivity index (χ2n) is 6.97. The molecule has 0 saturated carbocycles. The maximum Gasteiger partial charge on any atom is 0.129 e. The summed E-state index contributed by atoms with van der Waals surface area (Å²) >= 11 is 0. The number of aliphatic hydroxyl groups is 2. The molecule has 2 heterocycles. The first-order chi connectivity index (χ1) is 13.2. The van der Waals surface area contributed by atoms with Crippen molar-refractivity contribution in [2.45, 2.75) is 39.1 Å². The molecule has 1 aliphatic rings. The van der Waals surface area contributed by atoms with Crippen molar-refractivity contribution in [2.24, 2.45) is 0 Å². The highest BCUT2D eigenvalue weighted by molar-refractivity contribution is 5.27. The number of hydrogen-bond donors (Lipinski definition) is 2. The van der Waals surface area contributed by atoms with Gasteiger partial charge < -0.3 is 19.4 Å². The molecule has 0 amide bonds. The summed E-state index contributed by atoms with van der Waals surface area (Å²) in [6.07, 6.45) is 0.758. The lowest BCUT2D eigenvalue weighted by Gasteiger charge is -2.41. The molecule has 1 aliphatic heterocycles. The van der Waals surface area contributed by atoms with Crippen LogP contribution < -0.4 is 4.74 Å². The average molecular weight is 374 g/mol. The SMILES string of the molecule is CCOc1ccc(CN2CCN(Cc3ccc(CO)o3)CC2CCO)cc1. The van der Waals surface area contributed by atoms with Gasteiger partial charge in [0.05, 0.1) is 13.2 Å². The molecule has 0 radical (unpaired) electrons. The number of furan rings is 1. The van der Waals surface area contributed by atoms with Crippen LogP contribution in [0.3, 0.4) is 0 Å². The Morgan fingerprint density at radius 2 is 1.81 bits per heavy atom. The molecule has 2 N–H and O–H groups in total. The van der Waals surface area contributed by atoms with Gasteiger partial charge in [-0.05, 0) is 43.2 Å². The van der Waals surface area contributed by atoms with Gasteiger partial charge in [-0.25, -0.2) is 0 Å². The van der Waals surface area contributed by atoms with E-state index in [4.69, 9.17) is 14.3 Å². The van der Waals surface area contributed by atoms with Gasteiger partial charge in [0.15, 0.2) is 0 Å². The molecule has 1 atom stereocenters. The lowest BCUT2D eigenvalue weighted by molar-refractivity contribution is 0.0464. The van der Waals surface area contributed by atoms with Crippen molar-refractivity contribution < 1.29 is 19.4 Å². The van der Waals surface area contributed by atoms with Gasteiger partial charge >= 0.3 is 0 Å². The molecule has 0 aliphatic carbocycles. The summed E-state index contributed by atoms with van der Waals surface area (Å²) in [5.74, 6) is 2.38. The predicted molar refractivity (Wildman–Crippen MR) is 103 cm³/mol. The highest BCUT2D eigenvalue weighted by Gasteiger charge is 2.27. The van der Waals surface area contributed by atoms with Crippen molar-refractivity contribution in [3.05, 3.63) is 53.5 Å². The monoisotopic (exact) mass is 374 g/mol. The zero-order valence-corrected chi connectivity index (χ0v) is 16.0. The van der Waals surface area contributed by atoms with E-state index in [2.05, 4.69) is 21.9 Å². The van der Waals surface area contributed by atoms with Crippen molar-refractivity contribution in [1.29, 1.82) is 0 Å². The highest BCUT2D eigenvalue weighted by Crippen LogP contribution is 2.20. The van der Waals surface area contributed by atoms with Crippen molar-refractivity contribution in [2.75, 3.05) is 32.8 Å². The molecule has 1 aromatic heterocycles. The van der Waals surface area contributed by atoms with Crippen LogP contribution >= 0.6 is 0 Å². The first-order valence-electron chi connectivity index (χ1n) is 9.69. The number of nitrogens with zero attached hydrogens (tertiary/aromatic N) is 2. The summed E-state index contributed by atoms with van der Waals surface area (Å²) in [7, 11) is 0. The van der Waals surface area contributed by atoms with E-state index in [9.17, 15) is 5.11 Å². The van der Waals surface area contributed by atoms with Gasteiger partial charge in [0.1, 0.15) is 23.9 Å². The van der Waals surface area contributed by atoms with Crippen LogP contribution in [0.4, 0.5) is 0 Å². The summed E-state index contributed by atoms with van der Waals surface area (Å²) < 4.78 is 11.1. The van der Waals surface area contributed by atoms with E-state index in [-0.39, 0.29) is 13.2 Å². The fourth-order valence-electron chi connectivity index (χ4n) is 3.64. The normalized spacial score (nSPS) is 18.7. The highest BCUT2D eigenvalue weighted by atomic mass is 16.5. The van der Waals surface area contributed by atoms with Crippen molar-refractivity contribution >= 4 is 0 Å². The van der Waals surface area contributed by atoms with E-state index in [1.165, 1.54) is 5.56 Å². The number of rotatable bonds is 9. The fourth-order valence-corrected chi connectivity index (χ4v) is 3.64. The Morgan fingerprint density at radius 1 is 1.04 bits per heavy atom. The molecule has 1 saturated heterocycles. The summed E-state index contributed by atoms with van der Waals surface area (Å²) in [5, 5.41) is 18.6. The lowest BCUT2D eigenvalue weighted by atomic mass is 10.1. The summed E-state index contributed by atoms with van der Waals surface area (Å²) in [6.45, 7) is 7.19. The second kappa shape index (κ2) is 9.90. The smallest absolute Gasteiger partial charge is 0.129 e. The van der Waals surface area contributed by atoms with Crippen LogP contribution in [0.1, 0.15) is 30.4 Å². The minimum Gasteiger partial charge on any atom is -0.494 e. The first kappa shape index (κ1) is 19.9. The Morgan fingerprint density at radius 3 is 2.48 bits per heavy atom. The van der Waals surface area contributed by atoms with Crippen LogP contribution in [0.15, 0.2) is 40.8 Å². The third-order valence-electron chi connectivity index (χ3n) is 5.02. The predicted octanol–water partition coefficient (Wildman–Crippen LogP) is 2.24.